The van der Waals surface area contributed by atoms with E-state index in [9.17, 15) is 9.18 Å². The zero-order valence-electron chi connectivity index (χ0n) is 9.86. The molecule has 0 saturated heterocycles. The highest BCUT2D eigenvalue weighted by Gasteiger charge is 2.04. The largest absolute Gasteiger partial charge is 0.484 e. The molecule has 0 aliphatic rings. The van der Waals surface area contributed by atoms with Crippen LogP contribution in [-0.4, -0.2) is 12.5 Å². The zero-order valence-corrected chi connectivity index (χ0v) is 11.4. The van der Waals surface area contributed by atoms with Crippen LogP contribution < -0.4 is 10.1 Å². The van der Waals surface area contributed by atoms with Gasteiger partial charge in [-0.05, 0) is 36.4 Å². The summed E-state index contributed by atoms with van der Waals surface area (Å²) in [5, 5.41) is 2.71. The second kappa shape index (κ2) is 6.54. The van der Waals surface area contributed by atoms with E-state index in [1.54, 1.807) is 6.07 Å². The van der Waals surface area contributed by atoms with Gasteiger partial charge in [-0.3, -0.25) is 4.79 Å². The number of amides is 1. The highest BCUT2D eigenvalue weighted by atomic mass is 35.5. The molecule has 0 spiro atoms. The molecule has 1 heterocycles. The molecule has 0 aliphatic carbocycles. The summed E-state index contributed by atoms with van der Waals surface area (Å²) in [4.78, 5) is 12.5. The molecule has 1 aromatic heterocycles. The highest BCUT2D eigenvalue weighted by Crippen LogP contribution is 2.20. The molecule has 2 rings (SSSR count). The standard InChI is InChI=1S/C13H11ClFNO2S/c14-12-6-5-11(19-12)7-16-13(17)8-18-10-3-1-9(15)2-4-10/h1-6H,7-8H2,(H,16,17). The Balaban J connectivity index is 1.74. The van der Waals surface area contributed by atoms with Crippen LogP contribution in [0.15, 0.2) is 36.4 Å². The predicted molar refractivity (Wildman–Crippen MR) is 73.1 cm³/mol. The number of hydrogen-bond acceptors (Lipinski definition) is 3. The second-order valence-corrected chi connectivity index (χ2v) is 5.52. The van der Waals surface area contributed by atoms with Crippen molar-refractivity contribution in [1.29, 1.82) is 0 Å². The number of nitrogens with one attached hydrogen (secondary N) is 1. The molecule has 1 amide bonds. The molecule has 0 aliphatic heterocycles. The van der Waals surface area contributed by atoms with Crippen LogP contribution in [-0.2, 0) is 11.3 Å². The van der Waals surface area contributed by atoms with Gasteiger partial charge < -0.3 is 10.1 Å². The number of carbonyl (C=O) groups excluding carboxylic acids is 1. The molecule has 0 atom stereocenters. The van der Waals surface area contributed by atoms with Crippen LogP contribution in [0, 0.1) is 5.82 Å². The molecule has 19 heavy (non-hydrogen) atoms. The van der Waals surface area contributed by atoms with Gasteiger partial charge in [0.15, 0.2) is 6.61 Å². The number of rotatable bonds is 5. The van der Waals surface area contributed by atoms with E-state index >= 15 is 0 Å². The molecule has 0 saturated carbocycles. The first kappa shape index (κ1) is 13.8. The molecule has 0 radical (unpaired) electrons. The molecular formula is C13H11ClFNO2S. The van der Waals surface area contributed by atoms with Gasteiger partial charge >= 0.3 is 0 Å². The Hall–Kier alpha value is -1.59. The Kier molecular flexibility index (Phi) is 4.76. The number of benzene rings is 1. The summed E-state index contributed by atoms with van der Waals surface area (Å²) in [5.41, 5.74) is 0. The summed E-state index contributed by atoms with van der Waals surface area (Å²) in [5.74, 6) is -0.129. The lowest BCUT2D eigenvalue weighted by atomic mass is 10.3. The summed E-state index contributed by atoms with van der Waals surface area (Å²) in [6, 6.07) is 9.14. The van der Waals surface area contributed by atoms with Gasteiger partial charge in [0.1, 0.15) is 11.6 Å². The van der Waals surface area contributed by atoms with Crippen LogP contribution in [0.4, 0.5) is 4.39 Å². The summed E-state index contributed by atoms with van der Waals surface area (Å²) in [6.45, 7) is 0.313. The lowest BCUT2D eigenvalue weighted by Crippen LogP contribution is -2.28. The van der Waals surface area contributed by atoms with Gasteiger partial charge in [0.2, 0.25) is 0 Å². The summed E-state index contributed by atoms with van der Waals surface area (Å²) >= 11 is 7.19. The molecule has 0 unspecified atom stereocenters. The molecule has 3 nitrogen and oxygen atoms in total. The van der Waals surface area contributed by atoms with E-state index in [1.165, 1.54) is 35.6 Å². The van der Waals surface area contributed by atoms with Gasteiger partial charge in [0, 0.05) is 4.88 Å². The van der Waals surface area contributed by atoms with Crippen molar-refractivity contribution in [1.82, 2.24) is 5.32 Å². The zero-order chi connectivity index (χ0) is 13.7. The Bertz CT molecular complexity index is 556. The minimum absolute atomic E-state index is 0.106. The fraction of sp³-hybridized carbons (Fsp3) is 0.154. The van der Waals surface area contributed by atoms with Gasteiger partial charge in [-0.25, -0.2) is 4.39 Å². The first-order chi connectivity index (χ1) is 9.13. The molecule has 0 bridgehead atoms. The molecule has 0 fully saturated rings. The molecule has 2 aromatic rings. The maximum absolute atomic E-state index is 12.7. The SMILES string of the molecule is O=C(COc1ccc(F)cc1)NCc1ccc(Cl)s1. The van der Waals surface area contributed by atoms with Crippen molar-refractivity contribution in [3.8, 4) is 5.75 Å². The molecule has 1 aromatic carbocycles. The van der Waals surface area contributed by atoms with E-state index in [0.717, 1.165) is 4.88 Å². The van der Waals surface area contributed by atoms with Gasteiger partial charge in [0.25, 0.3) is 5.91 Å². The third kappa shape index (κ3) is 4.54. The second-order valence-electron chi connectivity index (χ2n) is 3.73. The van der Waals surface area contributed by atoms with Crippen molar-refractivity contribution in [3.63, 3.8) is 0 Å². The van der Waals surface area contributed by atoms with E-state index in [2.05, 4.69) is 5.32 Å². The van der Waals surface area contributed by atoms with Crippen molar-refractivity contribution in [2.75, 3.05) is 6.61 Å². The number of ether oxygens (including phenoxy) is 1. The van der Waals surface area contributed by atoms with Crippen molar-refractivity contribution >= 4 is 28.8 Å². The Morgan fingerprint density at radius 3 is 2.63 bits per heavy atom. The van der Waals surface area contributed by atoms with Crippen LogP contribution >= 0.6 is 22.9 Å². The van der Waals surface area contributed by atoms with E-state index < -0.39 is 0 Å². The fourth-order valence-corrected chi connectivity index (χ4v) is 2.39. The fourth-order valence-electron chi connectivity index (χ4n) is 1.36. The number of carbonyl (C=O) groups is 1. The average molecular weight is 300 g/mol. The number of thiophene rings is 1. The minimum Gasteiger partial charge on any atom is -0.484 e. The maximum Gasteiger partial charge on any atom is 0.258 e. The normalized spacial score (nSPS) is 10.2. The van der Waals surface area contributed by atoms with Crippen LogP contribution in [0.5, 0.6) is 5.75 Å². The smallest absolute Gasteiger partial charge is 0.258 e. The van der Waals surface area contributed by atoms with E-state index in [4.69, 9.17) is 16.3 Å². The summed E-state index contributed by atoms with van der Waals surface area (Å²) in [7, 11) is 0. The van der Waals surface area contributed by atoms with Gasteiger partial charge in [-0.15, -0.1) is 11.3 Å². The van der Waals surface area contributed by atoms with Crippen LogP contribution in [0.2, 0.25) is 4.34 Å². The number of halogens is 2. The molecule has 100 valence electrons. The lowest BCUT2D eigenvalue weighted by molar-refractivity contribution is -0.123. The van der Waals surface area contributed by atoms with Crippen molar-refractivity contribution < 1.29 is 13.9 Å². The number of hydrogen-bond donors (Lipinski definition) is 1. The first-order valence-electron chi connectivity index (χ1n) is 5.53. The third-order valence-electron chi connectivity index (χ3n) is 2.27. The lowest BCUT2D eigenvalue weighted by Gasteiger charge is -2.06. The maximum atomic E-state index is 12.7. The highest BCUT2D eigenvalue weighted by molar-refractivity contribution is 7.16. The van der Waals surface area contributed by atoms with Crippen molar-refractivity contribution in [2.24, 2.45) is 0 Å². The van der Waals surface area contributed by atoms with E-state index in [0.29, 0.717) is 16.6 Å². The molecule has 1 N–H and O–H groups in total. The first-order valence-corrected chi connectivity index (χ1v) is 6.72. The van der Waals surface area contributed by atoms with E-state index in [1.807, 2.05) is 6.07 Å². The monoisotopic (exact) mass is 299 g/mol. The van der Waals surface area contributed by atoms with Crippen LogP contribution in [0.1, 0.15) is 4.88 Å². The van der Waals surface area contributed by atoms with Crippen molar-refractivity contribution in [2.45, 2.75) is 6.54 Å². The average Bonchev–Trinajstić information content (AvgIpc) is 2.81. The predicted octanol–water partition coefficient (Wildman–Crippen LogP) is 3.24. The van der Waals surface area contributed by atoms with Gasteiger partial charge in [0.05, 0.1) is 10.9 Å². The topological polar surface area (TPSA) is 38.3 Å². The van der Waals surface area contributed by atoms with Gasteiger partial charge in [-0.1, -0.05) is 11.6 Å². The Labute approximate surface area is 119 Å². The molecular weight excluding hydrogens is 289 g/mol. The minimum atomic E-state index is -0.341. The quantitative estimate of drug-likeness (QED) is 0.920. The van der Waals surface area contributed by atoms with E-state index in [-0.39, 0.29) is 18.3 Å². The van der Waals surface area contributed by atoms with Crippen molar-refractivity contribution in [3.05, 3.63) is 51.4 Å². The van der Waals surface area contributed by atoms with Gasteiger partial charge in [-0.2, -0.15) is 0 Å². The summed E-state index contributed by atoms with van der Waals surface area (Å²) in [6.07, 6.45) is 0. The molecule has 6 heteroatoms. The third-order valence-corrected chi connectivity index (χ3v) is 3.50. The Morgan fingerprint density at radius 1 is 1.26 bits per heavy atom. The van der Waals surface area contributed by atoms with Crippen LogP contribution in [0.25, 0.3) is 0 Å². The van der Waals surface area contributed by atoms with Crippen LogP contribution in [0.3, 0.4) is 0 Å². The summed E-state index contributed by atoms with van der Waals surface area (Å²) < 4.78 is 18.6. The Morgan fingerprint density at radius 2 is 2.00 bits per heavy atom.